The molecular weight excluding hydrogens is 230 g/mol. The van der Waals surface area contributed by atoms with Crippen molar-refractivity contribution >= 4 is 11.6 Å². The lowest BCUT2D eigenvalue weighted by Crippen LogP contribution is -2.38. The van der Waals surface area contributed by atoms with Crippen molar-refractivity contribution in [1.29, 1.82) is 0 Å². The zero-order valence-electron chi connectivity index (χ0n) is 10.5. The average Bonchev–Trinajstić information content (AvgIpc) is 2.85. The van der Waals surface area contributed by atoms with Crippen LogP contribution in [0.5, 0.6) is 0 Å². The van der Waals surface area contributed by atoms with E-state index in [2.05, 4.69) is 20.0 Å². The van der Waals surface area contributed by atoms with Crippen LogP contribution in [-0.4, -0.2) is 44.4 Å². The quantitative estimate of drug-likeness (QED) is 0.843. The molecule has 6 heteroatoms. The van der Waals surface area contributed by atoms with E-state index in [-0.39, 0.29) is 6.61 Å². The summed E-state index contributed by atoms with van der Waals surface area (Å²) in [4.78, 5) is 10.7. The van der Waals surface area contributed by atoms with E-state index in [0.29, 0.717) is 11.7 Å². The molecule has 1 N–H and O–H groups in total. The van der Waals surface area contributed by atoms with Crippen molar-refractivity contribution in [2.45, 2.75) is 19.8 Å². The number of piperidine rings is 1. The van der Waals surface area contributed by atoms with Gasteiger partial charge in [0.2, 0.25) is 0 Å². The second-order valence-electron chi connectivity index (χ2n) is 4.86. The lowest BCUT2D eigenvalue weighted by molar-refractivity contribution is 0.208. The maximum Gasteiger partial charge on any atom is 0.254 e. The van der Waals surface area contributed by atoms with Crippen LogP contribution in [0.3, 0.4) is 0 Å². The molecule has 0 bridgehead atoms. The van der Waals surface area contributed by atoms with E-state index < -0.39 is 0 Å². The van der Waals surface area contributed by atoms with Crippen LogP contribution in [0, 0.1) is 12.8 Å². The highest BCUT2D eigenvalue weighted by Gasteiger charge is 2.22. The third-order valence-corrected chi connectivity index (χ3v) is 3.46. The van der Waals surface area contributed by atoms with Gasteiger partial charge in [0.15, 0.2) is 0 Å². The van der Waals surface area contributed by atoms with Crippen LogP contribution in [0.25, 0.3) is 5.78 Å². The molecule has 3 rings (SSSR count). The van der Waals surface area contributed by atoms with Gasteiger partial charge in [0.25, 0.3) is 5.78 Å². The van der Waals surface area contributed by atoms with Gasteiger partial charge >= 0.3 is 0 Å². The molecule has 1 atom stereocenters. The van der Waals surface area contributed by atoms with Gasteiger partial charge in [0.1, 0.15) is 12.1 Å². The van der Waals surface area contributed by atoms with Gasteiger partial charge in [-0.15, -0.1) is 0 Å². The summed E-state index contributed by atoms with van der Waals surface area (Å²) >= 11 is 0. The third kappa shape index (κ3) is 1.92. The first-order valence-electron chi connectivity index (χ1n) is 6.31. The summed E-state index contributed by atoms with van der Waals surface area (Å²) < 4.78 is 1.77. The number of aliphatic hydroxyl groups excluding tert-OH is 1. The predicted octanol–water partition coefficient (Wildman–Crippen LogP) is 0.641. The maximum absolute atomic E-state index is 9.31. The Balaban J connectivity index is 2.00. The van der Waals surface area contributed by atoms with Gasteiger partial charge < -0.3 is 10.0 Å². The van der Waals surface area contributed by atoms with E-state index in [1.165, 1.54) is 6.33 Å². The molecule has 1 fully saturated rings. The summed E-state index contributed by atoms with van der Waals surface area (Å²) in [5.74, 6) is 2.01. The average molecular weight is 247 g/mol. The molecular formula is C12H17N5O. The summed E-state index contributed by atoms with van der Waals surface area (Å²) in [6.07, 6.45) is 3.72. The van der Waals surface area contributed by atoms with Gasteiger partial charge in [-0.3, -0.25) is 0 Å². The predicted molar refractivity (Wildman–Crippen MR) is 67.5 cm³/mol. The number of aliphatic hydroxyl groups is 1. The fourth-order valence-electron chi connectivity index (χ4n) is 2.56. The molecule has 3 heterocycles. The van der Waals surface area contributed by atoms with Crippen LogP contribution in [0.15, 0.2) is 12.4 Å². The fraction of sp³-hybridized carbons (Fsp3) is 0.583. The van der Waals surface area contributed by atoms with Crippen LogP contribution in [0.2, 0.25) is 0 Å². The minimum atomic E-state index is 0.251. The third-order valence-electron chi connectivity index (χ3n) is 3.46. The minimum absolute atomic E-state index is 0.251. The highest BCUT2D eigenvalue weighted by molar-refractivity contribution is 5.47. The van der Waals surface area contributed by atoms with E-state index in [4.69, 9.17) is 0 Å². The van der Waals surface area contributed by atoms with Crippen molar-refractivity contribution in [1.82, 2.24) is 19.6 Å². The number of hydrogen-bond acceptors (Lipinski definition) is 5. The summed E-state index contributed by atoms with van der Waals surface area (Å²) in [6.45, 7) is 4.08. The Kier molecular flexibility index (Phi) is 2.87. The van der Waals surface area contributed by atoms with Gasteiger partial charge in [0.05, 0.1) is 0 Å². The first-order chi connectivity index (χ1) is 8.78. The fourth-order valence-corrected chi connectivity index (χ4v) is 2.56. The van der Waals surface area contributed by atoms with Crippen molar-refractivity contribution in [2.75, 3.05) is 24.6 Å². The van der Waals surface area contributed by atoms with Crippen molar-refractivity contribution in [2.24, 2.45) is 5.92 Å². The zero-order chi connectivity index (χ0) is 12.5. The molecule has 96 valence electrons. The molecule has 1 aliphatic rings. The van der Waals surface area contributed by atoms with E-state index in [1.807, 2.05) is 13.0 Å². The van der Waals surface area contributed by atoms with Crippen LogP contribution in [0.4, 0.5) is 5.82 Å². The van der Waals surface area contributed by atoms with E-state index in [1.54, 1.807) is 4.52 Å². The molecule has 0 aliphatic carbocycles. The minimum Gasteiger partial charge on any atom is -0.396 e. The van der Waals surface area contributed by atoms with Gasteiger partial charge in [-0.25, -0.2) is 4.98 Å². The number of aromatic nitrogens is 4. The van der Waals surface area contributed by atoms with Gasteiger partial charge in [-0.05, 0) is 25.7 Å². The molecule has 0 spiro atoms. The molecule has 0 saturated carbocycles. The smallest absolute Gasteiger partial charge is 0.254 e. The number of anilines is 1. The second kappa shape index (κ2) is 4.53. The molecule has 2 aromatic heterocycles. The molecule has 1 aliphatic heterocycles. The molecule has 0 aromatic carbocycles. The van der Waals surface area contributed by atoms with Crippen molar-refractivity contribution < 1.29 is 5.11 Å². The van der Waals surface area contributed by atoms with Crippen LogP contribution in [0.1, 0.15) is 18.5 Å². The Morgan fingerprint density at radius 3 is 3.22 bits per heavy atom. The Morgan fingerprint density at radius 1 is 1.50 bits per heavy atom. The first-order valence-corrected chi connectivity index (χ1v) is 6.31. The molecule has 0 unspecified atom stereocenters. The largest absolute Gasteiger partial charge is 0.396 e. The highest BCUT2D eigenvalue weighted by atomic mass is 16.3. The maximum atomic E-state index is 9.31. The Hall–Kier alpha value is -1.69. The van der Waals surface area contributed by atoms with E-state index >= 15 is 0 Å². The molecule has 0 amide bonds. The normalized spacial score (nSPS) is 20.6. The summed E-state index contributed by atoms with van der Waals surface area (Å²) in [5.41, 5.74) is 0.941. The second-order valence-corrected chi connectivity index (χ2v) is 4.86. The van der Waals surface area contributed by atoms with E-state index in [0.717, 1.165) is 37.4 Å². The standard InChI is InChI=1S/C12H17N5O/c1-9-5-11(17-12(15-9)13-8-14-17)16-4-2-3-10(6-16)7-18/h5,8,10,18H,2-4,6-7H2,1H3/t10-/m0/s1. The molecule has 6 nitrogen and oxygen atoms in total. The van der Waals surface area contributed by atoms with Crippen molar-refractivity contribution in [3.8, 4) is 0 Å². The molecule has 2 aromatic rings. The van der Waals surface area contributed by atoms with Crippen LogP contribution < -0.4 is 4.90 Å². The molecule has 0 radical (unpaired) electrons. The highest BCUT2D eigenvalue weighted by Crippen LogP contribution is 2.23. The lowest BCUT2D eigenvalue weighted by Gasteiger charge is -2.33. The Morgan fingerprint density at radius 2 is 2.39 bits per heavy atom. The molecule has 1 saturated heterocycles. The number of rotatable bonds is 2. The number of hydrogen-bond donors (Lipinski definition) is 1. The van der Waals surface area contributed by atoms with E-state index in [9.17, 15) is 5.11 Å². The van der Waals surface area contributed by atoms with Crippen molar-refractivity contribution in [3.63, 3.8) is 0 Å². The van der Waals surface area contributed by atoms with Crippen molar-refractivity contribution in [3.05, 3.63) is 18.1 Å². The summed E-state index contributed by atoms with van der Waals surface area (Å²) in [5, 5.41) is 13.5. The molecule has 18 heavy (non-hydrogen) atoms. The van der Waals surface area contributed by atoms with Gasteiger partial charge in [0, 0.05) is 31.5 Å². The SMILES string of the molecule is Cc1cc(N2CCC[C@H](CO)C2)n2ncnc2n1. The monoisotopic (exact) mass is 247 g/mol. The van der Waals surface area contributed by atoms with Gasteiger partial charge in [-0.2, -0.15) is 14.6 Å². The number of fused-ring (bicyclic) bond motifs is 1. The number of aryl methyl sites for hydroxylation is 1. The Labute approximate surface area is 105 Å². The van der Waals surface area contributed by atoms with Gasteiger partial charge in [-0.1, -0.05) is 0 Å². The lowest BCUT2D eigenvalue weighted by atomic mass is 9.99. The van der Waals surface area contributed by atoms with Crippen LogP contribution in [-0.2, 0) is 0 Å². The summed E-state index contributed by atoms with van der Waals surface area (Å²) in [7, 11) is 0. The topological polar surface area (TPSA) is 66.5 Å². The van der Waals surface area contributed by atoms with Crippen LogP contribution >= 0.6 is 0 Å². The zero-order valence-corrected chi connectivity index (χ0v) is 10.5. The number of nitrogens with zero attached hydrogens (tertiary/aromatic N) is 5. The Bertz CT molecular complexity index is 552. The summed E-state index contributed by atoms with van der Waals surface area (Å²) in [6, 6.07) is 2.03. The first kappa shape index (κ1) is 11.4.